The second kappa shape index (κ2) is 7.41. The molecular weight excluding hydrogens is 265 g/mol. The van der Waals surface area contributed by atoms with Crippen LogP contribution in [0.1, 0.15) is 6.42 Å². The van der Waals surface area contributed by atoms with Crippen LogP contribution < -0.4 is 5.32 Å². The van der Waals surface area contributed by atoms with Crippen LogP contribution >= 0.6 is 35.0 Å². The number of likely N-dealkylation sites (N-methyl/N-ethyl adjacent to an activating group) is 1. The highest BCUT2D eigenvalue weighted by Gasteiger charge is 2.06. The van der Waals surface area contributed by atoms with Crippen molar-refractivity contribution in [2.75, 3.05) is 19.4 Å². The van der Waals surface area contributed by atoms with E-state index in [1.54, 1.807) is 23.9 Å². The van der Waals surface area contributed by atoms with Crippen molar-refractivity contribution < 1.29 is 5.11 Å². The van der Waals surface area contributed by atoms with Gasteiger partial charge in [0.15, 0.2) is 0 Å². The van der Waals surface area contributed by atoms with E-state index in [1.807, 2.05) is 13.1 Å². The van der Waals surface area contributed by atoms with E-state index in [1.165, 1.54) is 0 Å². The monoisotopic (exact) mass is 279 g/mol. The number of benzene rings is 1. The molecule has 0 fully saturated rings. The Morgan fingerprint density at radius 3 is 2.81 bits per heavy atom. The maximum atomic E-state index is 9.00. The molecule has 0 amide bonds. The molecule has 0 aliphatic rings. The normalized spacial score (nSPS) is 12.8. The lowest BCUT2D eigenvalue weighted by Gasteiger charge is -2.12. The second-order valence-electron chi connectivity index (χ2n) is 3.38. The molecule has 1 atom stereocenters. The quantitative estimate of drug-likeness (QED) is 0.785. The highest BCUT2D eigenvalue weighted by molar-refractivity contribution is 7.99. The van der Waals surface area contributed by atoms with Gasteiger partial charge in [-0.15, -0.1) is 11.8 Å². The third kappa shape index (κ3) is 4.52. The van der Waals surface area contributed by atoms with Crippen LogP contribution in [0.3, 0.4) is 0 Å². The molecule has 0 saturated carbocycles. The summed E-state index contributed by atoms with van der Waals surface area (Å²) in [5.74, 6) is 0.895. The maximum absolute atomic E-state index is 9.00. The van der Waals surface area contributed by atoms with Crippen molar-refractivity contribution in [3.63, 3.8) is 0 Å². The Labute approximate surface area is 110 Å². The number of aliphatic hydroxyl groups is 1. The molecule has 0 saturated heterocycles. The third-order valence-electron chi connectivity index (χ3n) is 2.25. The van der Waals surface area contributed by atoms with Crippen molar-refractivity contribution in [2.24, 2.45) is 0 Å². The number of thioether (sulfide) groups is 1. The fourth-order valence-electron chi connectivity index (χ4n) is 1.23. The van der Waals surface area contributed by atoms with Crippen molar-refractivity contribution in [1.82, 2.24) is 5.32 Å². The van der Waals surface area contributed by atoms with Crippen LogP contribution in [0.5, 0.6) is 0 Å². The highest BCUT2D eigenvalue weighted by atomic mass is 35.5. The van der Waals surface area contributed by atoms with Gasteiger partial charge in [-0.3, -0.25) is 0 Å². The second-order valence-corrected chi connectivity index (χ2v) is 5.36. The molecule has 90 valence electrons. The fourth-order valence-corrected chi connectivity index (χ4v) is 2.78. The minimum atomic E-state index is 0.144. The smallest absolute Gasteiger partial charge is 0.0584 e. The van der Waals surface area contributed by atoms with Gasteiger partial charge in [-0.05, 0) is 37.4 Å². The highest BCUT2D eigenvalue weighted by Crippen LogP contribution is 2.30. The van der Waals surface area contributed by atoms with Gasteiger partial charge in [0.25, 0.3) is 0 Å². The topological polar surface area (TPSA) is 32.3 Å². The van der Waals surface area contributed by atoms with E-state index in [0.717, 1.165) is 22.1 Å². The van der Waals surface area contributed by atoms with E-state index in [-0.39, 0.29) is 12.6 Å². The van der Waals surface area contributed by atoms with Crippen LogP contribution in [-0.4, -0.2) is 30.6 Å². The molecule has 0 heterocycles. The maximum Gasteiger partial charge on any atom is 0.0584 e. The van der Waals surface area contributed by atoms with Gasteiger partial charge in [-0.2, -0.15) is 0 Å². The van der Waals surface area contributed by atoms with Crippen molar-refractivity contribution in [3.05, 3.63) is 28.2 Å². The SMILES string of the molecule is CNC(CO)CCSc1cc(Cl)ccc1Cl. The predicted molar refractivity (Wildman–Crippen MR) is 71.7 cm³/mol. The van der Waals surface area contributed by atoms with Crippen LogP contribution in [0.2, 0.25) is 10.0 Å². The summed E-state index contributed by atoms with van der Waals surface area (Å²) in [4.78, 5) is 0.988. The molecule has 0 bridgehead atoms. The Morgan fingerprint density at radius 1 is 1.44 bits per heavy atom. The van der Waals surface area contributed by atoms with E-state index >= 15 is 0 Å². The first-order valence-electron chi connectivity index (χ1n) is 5.03. The molecule has 0 radical (unpaired) electrons. The average Bonchev–Trinajstić information content (AvgIpc) is 2.29. The molecule has 1 aromatic carbocycles. The number of aliphatic hydroxyl groups excluding tert-OH is 1. The van der Waals surface area contributed by atoms with Crippen LogP contribution in [-0.2, 0) is 0 Å². The molecule has 0 aliphatic carbocycles. The zero-order valence-electron chi connectivity index (χ0n) is 9.04. The Balaban J connectivity index is 2.45. The van der Waals surface area contributed by atoms with E-state index in [9.17, 15) is 0 Å². The molecule has 0 aliphatic heterocycles. The summed E-state index contributed by atoms with van der Waals surface area (Å²) >= 11 is 13.6. The average molecular weight is 280 g/mol. The Morgan fingerprint density at radius 2 is 2.19 bits per heavy atom. The molecule has 1 aromatic rings. The summed E-state index contributed by atoms with van der Waals surface area (Å²) in [5.41, 5.74) is 0. The molecule has 2 nitrogen and oxygen atoms in total. The molecule has 1 rings (SSSR count). The molecule has 0 spiro atoms. The number of hydrogen-bond acceptors (Lipinski definition) is 3. The van der Waals surface area contributed by atoms with Crippen molar-refractivity contribution in [3.8, 4) is 0 Å². The van der Waals surface area contributed by atoms with E-state index in [0.29, 0.717) is 5.02 Å². The van der Waals surface area contributed by atoms with Crippen LogP contribution in [0, 0.1) is 0 Å². The summed E-state index contributed by atoms with van der Waals surface area (Å²) in [6.45, 7) is 0.153. The molecule has 0 aromatic heterocycles. The minimum Gasteiger partial charge on any atom is -0.395 e. The summed E-state index contributed by atoms with van der Waals surface area (Å²) in [6.07, 6.45) is 0.889. The molecular formula is C11H15Cl2NOS. The van der Waals surface area contributed by atoms with Gasteiger partial charge in [0.2, 0.25) is 0 Å². The predicted octanol–water partition coefficient (Wildman–Crippen LogP) is 3.06. The first-order valence-corrected chi connectivity index (χ1v) is 6.77. The lowest BCUT2D eigenvalue weighted by molar-refractivity contribution is 0.246. The largest absolute Gasteiger partial charge is 0.395 e. The number of rotatable bonds is 6. The lowest BCUT2D eigenvalue weighted by Crippen LogP contribution is -2.29. The third-order valence-corrected chi connectivity index (χ3v) is 4.01. The van der Waals surface area contributed by atoms with Gasteiger partial charge in [0.05, 0.1) is 11.6 Å². The zero-order chi connectivity index (χ0) is 12.0. The van der Waals surface area contributed by atoms with Gasteiger partial charge in [0, 0.05) is 16.0 Å². The van der Waals surface area contributed by atoms with Crippen LogP contribution in [0.25, 0.3) is 0 Å². The molecule has 1 unspecified atom stereocenters. The zero-order valence-corrected chi connectivity index (χ0v) is 11.4. The fraction of sp³-hybridized carbons (Fsp3) is 0.455. The van der Waals surface area contributed by atoms with Gasteiger partial charge in [-0.1, -0.05) is 23.2 Å². The van der Waals surface area contributed by atoms with Crippen molar-refractivity contribution >= 4 is 35.0 Å². The van der Waals surface area contributed by atoms with Crippen molar-refractivity contribution in [2.45, 2.75) is 17.4 Å². The Kier molecular flexibility index (Phi) is 6.54. The molecule has 16 heavy (non-hydrogen) atoms. The van der Waals surface area contributed by atoms with Gasteiger partial charge in [0.1, 0.15) is 0 Å². The van der Waals surface area contributed by atoms with E-state index in [2.05, 4.69) is 5.32 Å². The molecule has 5 heteroatoms. The summed E-state index contributed by atoms with van der Waals surface area (Å²) < 4.78 is 0. The summed E-state index contributed by atoms with van der Waals surface area (Å²) in [6, 6.07) is 5.58. The molecule has 2 N–H and O–H groups in total. The Bertz CT molecular complexity index is 332. The van der Waals surface area contributed by atoms with Crippen molar-refractivity contribution in [1.29, 1.82) is 0 Å². The standard InChI is InChI=1S/C11H15Cl2NOS/c1-14-9(7-15)4-5-16-11-6-8(12)2-3-10(11)13/h2-3,6,9,14-15H,4-5,7H2,1H3. The number of halogens is 2. The lowest BCUT2D eigenvalue weighted by atomic mass is 10.2. The van der Waals surface area contributed by atoms with Gasteiger partial charge >= 0.3 is 0 Å². The van der Waals surface area contributed by atoms with E-state index in [4.69, 9.17) is 28.3 Å². The number of nitrogens with one attached hydrogen (secondary N) is 1. The van der Waals surface area contributed by atoms with Crippen LogP contribution in [0.15, 0.2) is 23.1 Å². The minimum absolute atomic E-state index is 0.144. The van der Waals surface area contributed by atoms with E-state index < -0.39 is 0 Å². The van der Waals surface area contributed by atoms with Gasteiger partial charge < -0.3 is 10.4 Å². The number of hydrogen-bond donors (Lipinski definition) is 2. The summed E-state index contributed by atoms with van der Waals surface area (Å²) in [7, 11) is 1.85. The summed E-state index contributed by atoms with van der Waals surface area (Å²) in [5, 5.41) is 13.5. The Hall–Kier alpha value is 0.0700. The first kappa shape index (κ1) is 14.1. The van der Waals surface area contributed by atoms with Gasteiger partial charge in [-0.25, -0.2) is 0 Å². The van der Waals surface area contributed by atoms with Crippen LogP contribution in [0.4, 0.5) is 0 Å². The first-order chi connectivity index (χ1) is 7.67.